The van der Waals surface area contributed by atoms with Gasteiger partial charge in [-0.05, 0) is 29.3 Å². The van der Waals surface area contributed by atoms with E-state index in [1.165, 1.54) is 25.3 Å². The third kappa shape index (κ3) is 2.37. The smallest absolute Gasteiger partial charge is 0.194 e. The molecule has 0 unspecified atom stereocenters. The van der Waals surface area contributed by atoms with Gasteiger partial charge in [-0.1, -0.05) is 12.1 Å². The van der Waals surface area contributed by atoms with Crippen LogP contribution < -0.4 is 0 Å². The number of ketones is 1. The number of Topliss-reactive ketones (excluding diaryl/α,β-unsaturated/α-hetero) is 1. The van der Waals surface area contributed by atoms with Crippen LogP contribution in [0.2, 0.25) is 0 Å². The molecule has 3 heteroatoms. The second-order valence-corrected chi connectivity index (χ2v) is 3.68. The van der Waals surface area contributed by atoms with Gasteiger partial charge < -0.3 is 4.42 Å². The minimum absolute atomic E-state index is 0.106. The molecule has 1 heterocycles. The number of halogens is 1. The first-order chi connectivity index (χ1) is 7.65. The SMILES string of the molecule is CC(=O)c1cc(Cc2cccc(F)c2)co1. The largest absolute Gasteiger partial charge is 0.461 e. The first-order valence-electron chi connectivity index (χ1n) is 4.98. The van der Waals surface area contributed by atoms with Crippen LogP contribution in [-0.4, -0.2) is 5.78 Å². The van der Waals surface area contributed by atoms with E-state index in [-0.39, 0.29) is 11.6 Å². The lowest BCUT2D eigenvalue weighted by molar-refractivity contribution is 0.0987. The van der Waals surface area contributed by atoms with Crippen molar-refractivity contribution in [2.75, 3.05) is 0 Å². The van der Waals surface area contributed by atoms with Crippen molar-refractivity contribution in [2.45, 2.75) is 13.3 Å². The van der Waals surface area contributed by atoms with Crippen LogP contribution in [0.15, 0.2) is 41.0 Å². The van der Waals surface area contributed by atoms with E-state index in [4.69, 9.17) is 4.42 Å². The lowest BCUT2D eigenvalue weighted by Crippen LogP contribution is -1.88. The molecule has 0 fully saturated rings. The van der Waals surface area contributed by atoms with Gasteiger partial charge in [-0.15, -0.1) is 0 Å². The summed E-state index contributed by atoms with van der Waals surface area (Å²) in [7, 11) is 0. The third-order valence-electron chi connectivity index (χ3n) is 2.30. The molecule has 0 aliphatic heterocycles. The van der Waals surface area contributed by atoms with Gasteiger partial charge in [-0.3, -0.25) is 4.79 Å². The van der Waals surface area contributed by atoms with E-state index in [2.05, 4.69) is 0 Å². The van der Waals surface area contributed by atoms with Gasteiger partial charge in [0.05, 0.1) is 6.26 Å². The molecular formula is C13H11FO2. The zero-order chi connectivity index (χ0) is 11.5. The molecule has 0 spiro atoms. The highest BCUT2D eigenvalue weighted by molar-refractivity contribution is 5.91. The number of hydrogen-bond donors (Lipinski definition) is 0. The fourth-order valence-corrected chi connectivity index (χ4v) is 1.54. The van der Waals surface area contributed by atoms with Crippen molar-refractivity contribution in [2.24, 2.45) is 0 Å². The fourth-order valence-electron chi connectivity index (χ4n) is 1.54. The Balaban J connectivity index is 2.17. The quantitative estimate of drug-likeness (QED) is 0.740. The number of rotatable bonds is 3. The van der Waals surface area contributed by atoms with Gasteiger partial charge in [0, 0.05) is 13.3 Å². The molecule has 2 rings (SSSR count). The fraction of sp³-hybridized carbons (Fsp3) is 0.154. The Labute approximate surface area is 92.7 Å². The maximum Gasteiger partial charge on any atom is 0.194 e. The lowest BCUT2D eigenvalue weighted by atomic mass is 10.1. The first-order valence-corrected chi connectivity index (χ1v) is 4.98. The highest BCUT2D eigenvalue weighted by Gasteiger charge is 2.06. The van der Waals surface area contributed by atoms with E-state index >= 15 is 0 Å². The minimum Gasteiger partial charge on any atom is -0.461 e. The Morgan fingerprint density at radius 1 is 1.31 bits per heavy atom. The molecule has 82 valence electrons. The Bertz CT molecular complexity index is 514. The first kappa shape index (κ1) is 10.6. The third-order valence-corrected chi connectivity index (χ3v) is 2.30. The predicted octanol–water partition coefficient (Wildman–Crippen LogP) is 3.21. The van der Waals surface area contributed by atoms with E-state index in [1.807, 2.05) is 6.07 Å². The summed E-state index contributed by atoms with van der Waals surface area (Å²) in [6.07, 6.45) is 2.09. The van der Waals surface area contributed by atoms with Crippen molar-refractivity contribution >= 4 is 5.78 Å². The highest BCUT2D eigenvalue weighted by atomic mass is 19.1. The maximum absolute atomic E-state index is 12.9. The van der Waals surface area contributed by atoms with Crippen LogP contribution in [0, 0.1) is 5.82 Å². The molecule has 0 amide bonds. The van der Waals surface area contributed by atoms with Crippen LogP contribution in [0.1, 0.15) is 28.6 Å². The molecule has 2 aromatic rings. The standard InChI is InChI=1S/C13H11FO2/c1-9(15)13-7-11(8-16-13)5-10-3-2-4-12(14)6-10/h2-4,6-8H,5H2,1H3. The number of hydrogen-bond acceptors (Lipinski definition) is 2. The van der Waals surface area contributed by atoms with Crippen molar-refractivity contribution in [3.05, 3.63) is 59.3 Å². The van der Waals surface area contributed by atoms with Gasteiger partial charge in [0.1, 0.15) is 5.82 Å². The summed E-state index contributed by atoms with van der Waals surface area (Å²) in [4.78, 5) is 11.0. The molecule has 0 saturated heterocycles. The normalized spacial score (nSPS) is 10.4. The summed E-state index contributed by atoms with van der Waals surface area (Å²) in [5.74, 6) is -0.0234. The van der Waals surface area contributed by atoms with E-state index in [0.717, 1.165) is 11.1 Å². The minimum atomic E-state index is -0.257. The predicted molar refractivity (Wildman–Crippen MR) is 57.9 cm³/mol. The molecule has 0 N–H and O–H groups in total. The molecule has 0 saturated carbocycles. The molecule has 1 aromatic heterocycles. The van der Waals surface area contributed by atoms with Crippen LogP contribution in [0.3, 0.4) is 0 Å². The van der Waals surface area contributed by atoms with Crippen molar-refractivity contribution in [3.63, 3.8) is 0 Å². The average molecular weight is 218 g/mol. The molecule has 1 aromatic carbocycles. The Morgan fingerprint density at radius 3 is 2.75 bits per heavy atom. The van der Waals surface area contributed by atoms with Gasteiger partial charge in [0.15, 0.2) is 11.5 Å². The van der Waals surface area contributed by atoms with Gasteiger partial charge >= 0.3 is 0 Å². The lowest BCUT2D eigenvalue weighted by Gasteiger charge is -1.97. The zero-order valence-electron chi connectivity index (χ0n) is 8.87. The molecular weight excluding hydrogens is 207 g/mol. The molecule has 0 aliphatic rings. The molecule has 2 nitrogen and oxygen atoms in total. The monoisotopic (exact) mass is 218 g/mol. The second kappa shape index (κ2) is 4.31. The topological polar surface area (TPSA) is 30.2 Å². The van der Waals surface area contributed by atoms with Crippen molar-refractivity contribution < 1.29 is 13.6 Å². The van der Waals surface area contributed by atoms with Crippen LogP contribution in [0.4, 0.5) is 4.39 Å². The number of benzene rings is 1. The van der Waals surface area contributed by atoms with Gasteiger partial charge in [0.2, 0.25) is 0 Å². The zero-order valence-corrected chi connectivity index (χ0v) is 8.87. The number of carbonyl (C=O) groups excluding carboxylic acids is 1. The summed E-state index contributed by atoms with van der Waals surface area (Å²) >= 11 is 0. The van der Waals surface area contributed by atoms with Crippen molar-refractivity contribution in [3.8, 4) is 0 Å². The van der Waals surface area contributed by atoms with Crippen LogP contribution in [0.5, 0.6) is 0 Å². The molecule has 0 radical (unpaired) electrons. The van der Waals surface area contributed by atoms with Gasteiger partial charge in [-0.25, -0.2) is 4.39 Å². The van der Waals surface area contributed by atoms with E-state index in [1.54, 1.807) is 12.1 Å². The number of carbonyl (C=O) groups is 1. The summed E-state index contributed by atoms with van der Waals surface area (Å²) in [6, 6.07) is 8.06. The summed E-state index contributed by atoms with van der Waals surface area (Å²) < 4.78 is 18.0. The molecule has 16 heavy (non-hydrogen) atoms. The Hall–Kier alpha value is -1.90. The van der Waals surface area contributed by atoms with E-state index in [9.17, 15) is 9.18 Å². The Morgan fingerprint density at radius 2 is 2.12 bits per heavy atom. The highest BCUT2D eigenvalue weighted by Crippen LogP contribution is 2.14. The van der Waals surface area contributed by atoms with Crippen LogP contribution >= 0.6 is 0 Å². The van der Waals surface area contributed by atoms with E-state index < -0.39 is 0 Å². The van der Waals surface area contributed by atoms with Crippen molar-refractivity contribution in [1.29, 1.82) is 0 Å². The van der Waals surface area contributed by atoms with Gasteiger partial charge in [-0.2, -0.15) is 0 Å². The van der Waals surface area contributed by atoms with Crippen LogP contribution in [-0.2, 0) is 6.42 Å². The molecule has 0 atom stereocenters. The van der Waals surface area contributed by atoms with Crippen molar-refractivity contribution in [1.82, 2.24) is 0 Å². The summed E-state index contributed by atoms with van der Waals surface area (Å²) in [5, 5.41) is 0. The summed E-state index contributed by atoms with van der Waals surface area (Å²) in [6.45, 7) is 1.45. The Kier molecular flexibility index (Phi) is 2.86. The second-order valence-electron chi connectivity index (χ2n) is 3.68. The summed E-state index contributed by atoms with van der Waals surface area (Å²) in [5.41, 5.74) is 1.73. The number of furan rings is 1. The van der Waals surface area contributed by atoms with Crippen LogP contribution in [0.25, 0.3) is 0 Å². The van der Waals surface area contributed by atoms with Gasteiger partial charge in [0.25, 0.3) is 0 Å². The molecule has 0 bridgehead atoms. The molecule has 0 aliphatic carbocycles. The average Bonchev–Trinajstić information content (AvgIpc) is 2.66. The maximum atomic E-state index is 12.9. The van der Waals surface area contributed by atoms with E-state index in [0.29, 0.717) is 12.2 Å².